The minimum atomic E-state index is 0.778. The van der Waals surface area contributed by atoms with Crippen molar-refractivity contribution in [3.05, 3.63) is 63.6 Å². The Morgan fingerprint density at radius 1 is 0.955 bits per heavy atom. The van der Waals surface area contributed by atoms with Crippen LogP contribution in [0.15, 0.2) is 58.1 Å². The van der Waals surface area contributed by atoms with Gasteiger partial charge in [0.1, 0.15) is 0 Å². The number of nitrogens with zero attached hydrogens (tertiary/aromatic N) is 3. The minimum Gasteiger partial charge on any atom is -0.368 e. The van der Waals surface area contributed by atoms with Gasteiger partial charge in [0, 0.05) is 33.8 Å². The Labute approximate surface area is 144 Å². The molecule has 0 spiro atoms. The van der Waals surface area contributed by atoms with Crippen LogP contribution in [0.5, 0.6) is 0 Å². The Bertz CT molecular complexity index is 649. The maximum Gasteiger partial charge on any atom is 0.0554 e. The third kappa shape index (κ3) is 3.81. The molecule has 0 unspecified atom stereocenters. The molecule has 3 nitrogen and oxygen atoms in total. The molecule has 5 heteroatoms. The van der Waals surface area contributed by atoms with E-state index in [9.17, 15) is 0 Å². The standard InChI is InChI=1S/C17H17BrClN3/c18-17-4-2-1-3-14(17)13-20-22-11-9-21(10-12-22)16-7-5-15(19)6-8-16/h1-8,13H,9-12H2/b20-13-. The minimum absolute atomic E-state index is 0.778. The summed E-state index contributed by atoms with van der Waals surface area (Å²) in [6.45, 7) is 3.77. The van der Waals surface area contributed by atoms with Gasteiger partial charge < -0.3 is 4.90 Å². The van der Waals surface area contributed by atoms with E-state index < -0.39 is 0 Å². The fraction of sp³-hybridized carbons (Fsp3) is 0.235. The van der Waals surface area contributed by atoms with Crippen LogP contribution in [-0.4, -0.2) is 37.4 Å². The lowest BCUT2D eigenvalue weighted by Gasteiger charge is -2.34. The predicted octanol–water partition coefficient (Wildman–Crippen LogP) is 4.26. The lowest BCUT2D eigenvalue weighted by Crippen LogP contribution is -2.44. The molecular weight excluding hydrogens is 362 g/mol. The number of hydrogen-bond donors (Lipinski definition) is 0. The van der Waals surface area contributed by atoms with Gasteiger partial charge in [-0.25, -0.2) is 0 Å². The first kappa shape index (κ1) is 15.4. The zero-order valence-corrected chi connectivity index (χ0v) is 14.5. The van der Waals surface area contributed by atoms with Gasteiger partial charge in [-0.1, -0.05) is 45.7 Å². The van der Waals surface area contributed by atoms with Gasteiger partial charge in [0.25, 0.3) is 0 Å². The Kier molecular flexibility index (Phi) is 5.01. The average molecular weight is 379 g/mol. The van der Waals surface area contributed by atoms with Crippen LogP contribution in [0.1, 0.15) is 5.56 Å². The quantitative estimate of drug-likeness (QED) is 0.743. The first-order valence-corrected chi connectivity index (χ1v) is 8.43. The monoisotopic (exact) mass is 377 g/mol. The SMILES string of the molecule is Clc1ccc(N2CCN(/N=C\c3ccccc3Br)CC2)cc1. The van der Waals surface area contributed by atoms with Crippen molar-refractivity contribution in [2.24, 2.45) is 5.10 Å². The zero-order valence-electron chi connectivity index (χ0n) is 12.1. The highest BCUT2D eigenvalue weighted by molar-refractivity contribution is 9.10. The molecular formula is C17H17BrClN3. The molecule has 0 saturated carbocycles. The smallest absolute Gasteiger partial charge is 0.0554 e. The van der Waals surface area contributed by atoms with Crippen molar-refractivity contribution in [1.82, 2.24) is 5.01 Å². The highest BCUT2D eigenvalue weighted by atomic mass is 79.9. The van der Waals surface area contributed by atoms with Crippen LogP contribution in [0.3, 0.4) is 0 Å². The van der Waals surface area contributed by atoms with Gasteiger partial charge >= 0.3 is 0 Å². The molecule has 2 aromatic carbocycles. The van der Waals surface area contributed by atoms with E-state index in [0.29, 0.717) is 0 Å². The van der Waals surface area contributed by atoms with Crippen LogP contribution in [0, 0.1) is 0 Å². The summed E-state index contributed by atoms with van der Waals surface area (Å²) in [6, 6.07) is 16.1. The van der Waals surface area contributed by atoms with E-state index in [0.717, 1.165) is 41.2 Å². The molecule has 22 heavy (non-hydrogen) atoms. The average Bonchev–Trinajstić information content (AvgIpc) is 2.55. The maximum atomic E-state index is 5.94. The fourth-order valence-electron chi connectivity index (χ4n) is 2.45. The van der Waals surface area contributed by atoms with E-state index in [-0.39, 0.29) is 0 Å². The van der Waals surface area contributed by atoms with Gasteiger partial charge in [0.05, 0.1) is 19.3 Å². The topological polar surface area (TPSA) is 18.8 Å². The lowest BCUT2D eigenvalue weighted by molar-refractivity contribution is 0.272. The highest BCUT2D eigenvalue weighted by Crippen LogP contribution is 2.19. The summed E-state index contributed by atoms with van der Waals surface area (Å²) in [5.41, 5.74) is 2.32. The van der Waals surface area contributed by atoms with Crippen molar-refractivity contribution >= 4 is 39.4 Å². The van der Waals surface area contributed by atoms with Crippen molar-refractivity contribution in [3.63, 3.8) is 0 Å². The van der Waals surface area contributed by atoms with Crippen LogP contribution in [0.4, 0.5) is 5.69 Å². The molecule has 1 aliphatic heterocycles. The van der Waals surface area contributed by atoms with Crippen LogP contribution in [0.25, 0.3) is 0 Å². The largest absolute Gasteiger partial charge is 0.368 e. The van der Waals surface area contributed by atoms with Crippen LogP contribution < -0.4 is 4.90 Å². The lowest BCUT2D eigenvalue weighted by atomic mass is 10.2. The van der Waals surface area contributed by atoms with Crippen LogP contribution in [-0.2, 0) is 0 Å². The Morgan fingerprint density at radius 3 is 2.32 bits per heavy atom. The van der Waals surface area contributed by atoms with Gasteiger partial charge in [0.2, 0.25) is 0 Å². The molecule has 1 fully saturated rings. The highest BCUT2D eigenvalue weighted by Gasteiger charge is 2.15. The van der Waals surface area contributed by atoms with Crippen LogP contribution in [0.2, 0.25) is 5.02 Å². The molecule has 114 valence electrons. The van der Waals surface area contributed by atoms with Crippen molar-refractivity contribution < 1.29 is 0 Å². The third-order valence-electron chi connectivity index (χ3n) is 3.71. The van der Waals surface area contributed by atoms with Gasteiger partial charge in [-0.2, -0.15) is 5.10 Å². The first-order valence-electron chi connectivity index (χ1n) is 7.26. The molecule has 1 heterocycles. The Balaban J connectivity index is 1.58. The molecule has 0 atom stereocenters. The molecule has 1 saturated heterocycles. The number of rotatable bonds is 3. The second-order valence-corrected chi connectivity index (χ2v) is 6.47. The van der Waals surface area contributed by atoms with Gasteiger partial charge in [0.15, 0.2) is 0 Å². The summed E-state index contributed by atoms with van der Waals surface area (Å²) in [4.78, 5) is 2.36. The Morgan fingerprint density at radius 2 is 1.64 bits per heavy atom. The van der Waals surface area contributed by atoms with Crippen molar-refractivity contribution in [2.75, 3.05) is 31.1 Å². The number of hydrazone groups is 1. The summed E-state index contributed by atoms with van der Waals surface area (Å²) < 4.78 is 1.07. The third-order valence-corrected chi connectivity index (χ3v) is 4.69. The first-order chi connectivity index (χ1) is 10.7. The number of halogens is 2. The summed E-state index contributed by atoms with van der Waals surface area (Å²) in [5.74, 6) is 0. The van der Waals surface area contributed by atoms with Crippen LogP contribution >= 0.6 is 27.5 Å². The molecule has 3 rings (SSSR count). The number of anilines is 1. The second-order valence-electron chi connectivity index (χ2n) is 5.18. The number of benzene rings is 2. The fourth-order valence-corrected chi connectivity index (χ4v) is 2.96. The zero-order chi connectivity index (χ0) is 15.4. The molecule has 0 bridgehead atoms. The van der Waals surface area contributed by atoms with E-state index >= 15 is 0 Å². The van der Waals surface area contributed by atoms with Gasteiger partial charge in [-0.05, 0) is 30.3 Å². The summed E-state index contributed by atoms with van der Waals surface area (Å²) in [7, 11) is 0. The van der Waals surface area contributed by atoms with E-state index in [1.54, 1.807) is 0 Å². The number of piperazine rings is 1. The molecule has 0 N–H and O–H groups in total. The maximum absolute atomic E-state index is 5.94. The molecule has 0 amide bonds. The second kappa shape index (κ2) is 7.16. The number of hydrogen-bond acceptors (Lipinski definition) is 3. The predicted molar refractivity (Wildman–Crippen MR) is 97.0 cm³/mol. The molecule has 1 aliphatic rings. The van der Waals surface area contributed by atoms with E-state index in [2.05, 4.69) is 49.1 Å². The molecule has 0 radical (unpaired) electrons. The van der Waals surface area contributed by atoms with Gasteiger partial charge in [-0.15, -0.1) is 0 Å². The summed E-state index contributed by atoms with van der Waals surface area (Å²) >= 11 is 9.47. The molecule has 0 aromatic heterocycles. The van der Waals surface area contributed by atoms with E-state index in [1.165, 1.54) is 5.69 Å². The normalized spacial score (nSPS) is 15.5. The summed E-state index contributed by atoms with van der Waals surface area (Å²) in [6.07, 6.45) is 1.92. The molecule has 0 aliphatic carbocycles. The van der Waals surface area contributed by atoms with Crippen molar-refractivity contribution in [2.45, 2.75) is 0 Å². The summed E-state index contributed by atoms with van der Waals surface area (Å²) in [5, 5.41) is 7.48. The van der Waals surface area contributed by atoms with E-state index in [4.69, 9.17) is 11.6 Å². The van der Waals surface area contributed by atoms with E-state index in [1.807, 2.05) is 36.5 Å². The molecule has 2 aromatic rings. The van der Waals surface area contributed by atoms with Gasteiger partial charge in [-0.3, -0.25) is 5.01 Å². The van der Waals surface area contributed by atoms with Crippen molar-refractivity contribution in [1.29, 1.82) is 0 Å². The van der Waals surface area contributed by atoms with Crippen molar-refractivity contribution in [3.8, 4) is 0 Å². The Hall–Kier alpha value is -1.52.